The fourth-order valence-corrected chi connectivity index (χ4v) is 2.56. The van der Waals surface area contributed by atoms with Gasteiger partial charge in [-0.15, -0.1) is 0 Å². The van der Waals surface area contributed by atoms with Crippen molar-refractivity contribution in [3.05, 3.63) is 78.4 Å². The molecule has 1 unspecified atom stereocenters. The highest BCUT2D eigenvalue weighted by atomic mass is 16.2. The van der Waals surface area contributed by atoms with Crippen LogP contribution in [0.4, 0.5) is 0 Å². The molecule has 1 amide bonds. The van der Waals surface area contributed by atoms with Gasteiger partial charge >= 0.3 is 0 Å². The molecule has 0 aliphatic heterocycles. The Labute approximate surface area is 135 Å². The zero-order valence-corrected chi connectivity index (χ0v) is 13.2. The van der Waals surface area contributed by atoms with Crippen molar-refractivity contribution in [1.82, 2.24) is 14.9 Å². The summed E-state index contributed by atoms with van der Waals surface area (Å²) in [6.45, 7) is 1.93. The fourth-order valence-electron chi connectivity index (χ4n) is 2.56. The Bertz CT molecular complexity index is 794. The van der Waals surface area contributed by atoms with Gasteiger partial charge in [-0.25, -0.2) is 0 Å². The monoisotopic (exact) mass is 305 g/mol. The van der Waals surface area contributed by atoms with Crippen molar-refractivity contribution in [2.24, 2.45) is 7.05 Å². The molecule has 0 saturated carbocycles. The lowest BCUT2D eigenvalue weighted by Crippen LogP contribution is -2.28. The molecule has 1 aromatic carbocycles. The molecule has 1 N–H and O–H groups in total. The first-order valence-corrected chi connectivity index (χ1v) is 7.59. The van der Waals surface area contributed by atoms with Crippen molar-refractivity contribution >= 4 is 5.91 Å². The van der Waals surface area contributed by atoms with E-state index in [1.165, 1.54) is 0 Å². The van der Waals surface area contributed by atoms with Gasteiger partial charge in [0.15, 0.2) is 0 Å². The van der Waals surface area contributed by atoms with Crippen LogP contribution in [0.15, 0.2) is 67.0 Å². The smallest absolute Gasteiger partial charge is 0.268 e. The minimum absolute atomic E-state index is 0.104. The molecule has 0 bridgehead atoms. The van der Waals surface area contributed by atoms with Gasteiger partial charge < -0.3 is 9.88 Å². The molecule has 0 spiro atoms. The van der Waals surface area contributed by atoms with Crippen LogP contribution < -0.4 is 5.32 Å². The second kappa shape index (κ2) is 6.48. The van der Waals surface area contributed by atoms with Gasteiger partial charge in [-0.3, -0.25) is 9.78 Å². The summed E-state index contributed by atoms with van der Waals surface area (Å²) in [6.07, 6.45) is 3.70. The lowest BCUT2D eigenvalue weighted by molar-refractivity contribution is 0.0931. The first-order chi connectivity index (χ1) is 11.1. The SMILES string of the molecule is CC(NC(=O)c1cc(-c2ccccc2)cn1C)c1ccccn1. The summed E-state index contributed by atoms with van der Waals surface area (Å²) in [4.78, 5) is 16.8. The van der Waals surface area contributed by atoms with Crippen molar-refractivity contribution < 1.29 is 4.79 Å². The van der Waals surface area contributed by atoms with E-state index in [0.717, 1.165) is 16.8 Å². The number of hydrogen-bond donors (Lipinski definition) is 1. The molecule has 4 heteroatoms. The van der Waals surface area contributed by atoms with Crippen molar-refractivity contribution in [3.63, 3.8) is 0 Å². The second-order valence-electron chi connectivity index (χ2n) is 5.54. The number of carbonyl (C=O) groups excluding carboxylic acids is 1. The van der Waals surface area contributed by atoms with Gasteiger partial charge in [-0.1, -0.05) is 36.4 Å². The zero-order valence-electron chi connectivity index (χ0n) is 13.2. The molecule has 4 nitrogen and oxygen atoms in total. The Morgan fingerprint density at radius 1 is 1.09 bits per heavy atom. The van der Waals surface area contributed by atoms with Gasteiger partial charge in [-0.05, 0) is 30.7 Å². The normalized spacial score (nSPS) is 11.9. The van der Waals surface area contributed by atoms with E-state index in [0.29, 0.717) is 5.69 Å². The van der Waals surface area contributed by atoms with Crippen LogP contribution in [-0.2, 0) is 7.05 Å². The topological polar surface area (TPSA) is 46.9 Å². The summed E-state index contributed by atoms with van der Waals surface area (Å²) in [5.74, 6) is -0.104. The number of hydrogen-bond acceptors (Lipinski definition) is 2. The van der Waals surface area contributed by atoms with Gasteiger partial charge in [-0.2, -0.15) is 0 Å². The van der Waals surface area contributed by atoms with Crippen LogP contribution in [0.1, 0.15) is 29.1 Å². The lowest BCUT2D eigenvalue weighted by atomic mass is 10.1. The number of amides is 1. The molecule has 3 rings (SSSR count). The minimum Gasteiger partial charge on any atom is -0.346 e. The van der Waals surface area contributed by atoms with Crippen molar-refractivity contribution in [3.8, 4) is 11.1 Å². The van der Waals surface area contributed by atoms with Gasteiger partial charge in [0, 0.05) is 25.0 Å². The second-order valence-corrected chi connectivity index (χ2v) is 5.54. The summed E-state index contributed by atoms with van der Waals surface area (Å²) in [6, 6.07) is 17.5. The van der Waals surface area contributed by atoms with Gasteiger partial charge in [0.2, 0.25) is 0 Å². The maximum absolute atomic E-state index is 12.5. The third-order valence-electron chi connectivity index (χ3n) is 3.82. The molecule has 0 radical (unpaired) electrons. The highest BCUT2D eigenvalue weighted by Crippen LogP contribution is 2.21. The van der Waals surface area contributed by atoms with Crippen LogP contribution in [-0.4, -0.2) is 15.5 Å². The highest BCUT2D eigenvalue weighted by Gasteiger charge is 2.16. The van der Waals surface area contributed by atoms with E-state index >= 15 is 0 Å². The molecule has 23 heavy (non-hydrogen) atoms. The van der Waals surface area contributed by atoms with Crippen molar-refractivity contribution in [2.75, 3.05) is 0 Å². The Morgan fingerprint density at radius 2 is 1.83 bits per heavy atom. The molecule has 0 fully saturated rings. The number of rotatable bonds is 4. The average molecular weight is 305 g/mol. The molecule has 116 valence electrons. The van der Waals surface area contributed by atoms with Gasteiger partial charge in [0.25, 0.3) is 5.91 Å². The molecule has 3 aromatic rings. The van der Waals surface area contributed by atoms with Gasteiger partial charge in [0.05, 0.1) is 11.7 Å². The van der Waals surface area contributed by atoms with Crippen molar-refractivity contribution in [1.29, 1.82) is 0 Å². The van der Waals surface area contributed by atoms with E-state index in [1.807, 2.05) is 79.3 Å². The summed E-state index contributed by atoms with van der Waals surface area (Å²) in [7, 11) is 1.88. The molecule has 1 atom stereocenters. The summed E-state index contributed by atoms with van der Waals surface area (Å²) in [5, 5.41) is 3.00. The van der Waals surface area contributed by atoms with Crippen LogP contribution in [0.5, 0.6) is 0 Å². The van der Waals surface area contributed by atoms with Crippen LogP contribution >= 0.6 is 0 Å². The summed E-state index contributed by atoms with van der Waals surface area (Å²) >= 11 is 0. The summed E-state index contributed by atoms with van der Waals surface area (Å²) in [5.41, 5.74) is 3.61. The molecule has 0 aliphatic rings. The molecular formula is C19H19N3O. The van der Waals surface area contributed by atoms with Crippen LogP contribution in [0.3, 0.4) is 0 Å². The van der Waals surface area contributed by atoms with E-state index < -0.39 is 0 Å². The van der Waals surface area contributed by atoms with E-state index in [2.05, 4.69) is 10.3 Å². The Kier molecular flexibility index (Phi) is 4.24. The number of pyridine rings is 1. The van der Waals surface area contributed by atoms with Crippen molar-refractivity contribution in [2.45, 2.75) is 13.0 Å². The molecule has 0 aliphatic carbocycles. The van der Waals surface area contributed by atoms with Crippen LogP contribution in [0, 0.1) is 0 Å². The highest BCUT2D eigenvalue weighted by molar-refractivity contribution is 5.94. The number of aryl methyl sites for hydroxylation is 1. The largest absolute Gasteiger partial charge is 0.346 e. The number of benzene rings is 1. The molecular weight excluding hydrogens is 286 g/mol. The molecule has 2 aromatic heterocycles. The number of nitrogens with one attached hydrogen (secondary N) is 1. The first-order valence-electron chi connectivity index (χ1n) is 7.59. The Morgan fingerprint density at radius 3 is 2.52 bits per heavy atom. The van der Waals surface area contributed by atoms with Crippen LogP contribution in [0.2, 0.25) is 0 Å². The van der Waals surface area contributed by atoms with E-state index in [1.54, 1.807) is 6.20 Å². The number of aromatic nitrogens is 2. The Hall–Kier alpha value is -2.88. The first kappa shape index (κ1) is 15.0. The third kappa shape index (κ3) is 3.31. The Balaban J connectivity index is 1.79. The number of nitrogens with zero attached hydrogens (tertiary/aromatic N) is 2. The number of carbonyl (C=O) groups is 1. The maximum atomic E-state index is 12.5. The van der Waals surface area contributed by atoms with Gasteiger partial charge in [0.1, 0.15) is 5.69 Å². The molecule has 2 heterocycles. The minimum atomic E-state index is -0.140. The van der Waals surface area contributed by atoms with E-state index in [4.69, 9.17) is 0 Å². The maximum Gasteiger partial charge on any atom is 0.268 e. The average Bonchev–Trinajstić information content (AvgIpc) is 2.98. The zero-order chi connectivity index (χ0) is 16.2. The third-order valence-corrected chi connectivity index (χ3v) is 3.82. The van der Waals surface area contributed by atoms with Crippen LogP contribution in [0.25, 0.3) is 11.1 Å². The molecule has 0 saturated heterocycles. The fraction of sp³-hybridized carbons (Fsp3) is 0.158. The standard InChI is InChI=1S/C19H19N3O/c1-14(17-10-6-7-11-20-17)21-19(23)18-12-16(13-22(18)2)15-8-4-3-5-9-15/h3-14H,1-2H3,(H,21,23). The van der Waals surface area contributed by atoms with E-state index in [9.17, 15) is 4.79 Å². The summed E-state index contributed by atoms with van der Waals surface area (Å²) < 4.78 is 1.85. The van der Waals surface area contributed by atoms with E-state index in [-0.39, 0.29) is 11.9 Å². The lowest BCUT2D eigenvalue weighted by Gasteiger charge is -2.13. The predicted octanol–water partition coefficient (Wildman–Crippen LogP) is 3.58. The predicted molar refractivity (Wildman–Crippen MR) is 91.0 cm³/mol. The quantitative estimate of drug-likeness (QED) is 0.801.